The maximum Gasteiger partial charge on any atom is 0.306 e. The van der Waals surface area contributed by atoms with E-state index in [-0.39, 0.29) is 23.7 Å². The minimum Gasteiger partial charge on any atom is -0.453 e. The van der Waals surface area contributed by atoms with Gasteiger partial charge >= 0.3 is 5.97 Å². The normalized spacial score (nSPS) is 12.7. The van der Waals surface area contributed by atoms with Crippen LogP contribution in [-0.2, 0) is 21.4 Å². The first-order valence-corrected chi connectivity index (χ1v) is 9.65. The molecule has 0 aliphatic rings. The first-order chi connectivity index (χ1) is 13.7. The summed E-state index contributed by atoms with van der Waals surface area (Å²) in [5.41, 5.74) is 1.80. The maximum absolute atomic E-state index is 12.1. The molecule has 2 heterocycles. The molecule has 3 rings (SSSR count). The molecule has 1 unspecified atom stereocenters. The van der Waals surface area contributed by atoms with E-state index >= 15 is 0 Å². The smallest absolute Gasteiger partial charge is 0.306 e. The van der Waals surface area contributed by atoms with Crippen LogP contribution in [0, 0.1) is 6.92 Å². The lowest BCUT2D eigenvalue weighted by Gasteiger charge is -2.10. The number of hydrogen-bond donors (Lipinski definition) is 0. The summed E-state index contributed by atoms with van der Waals surface area (Å²) in [6.07, 6.45) is 0.682. The Labute approximate surface area is 169 Å². The number of carbonyl (C=O) groups is 1. The van der Waals surface area contributed by atoms with Gasteiger partial charge in [-0.15, -0.1) is 10.2 Å². The van der Waals surface area contributed by atoms with E-state index in [0.29, 0.717) is 30.4 Å². The second kappa shape index (κ2) is 8.55. The summed E-state index contributed by atoms with van der Waals surface area (Å²) in [5.74, 6) is 1.50. The van der Waals surface area contributed by atoms with Crippen molar-refractivity contribution in [3.8, 4) is 11.5 Å². The highest BCUT2D eigenvalue weighted by atomic mass is 16.6. The van der Waals surface area contributed by atoms with E-state index in [1.165, 1.54) is 0 Å². The molecule has 0 aliphatic heterocycles. The van der Waals surface area contributed by atoms with Crippen molar-refractivity contribution in [1.82, 2.24) is 20.3 Å². The molecule has 3 aromatic rings. The van der Waals surface area contributed by atoms with Gasteiger partial charge in [0.2, 0.25) is 11.8 Å². The number of hydrogen-bond acceptors (Lipinski definition) is 8. The SMILES string of the molecule is Cc1ccc(-c2nnc(C(C)OC(=O)CCCc3nc(C(C)(C)C)no3)o2)cc1. The molecule has 0 bridgehead atoms. The van der Waals surface area contributed by atoms with Gasteiger partial charge in [-0.3, -0.25) is 4.79 Å². The number of rotatable bonds is 7. The van der Waals surface area contributed by atoms with Crippen molar-refractivity contribution in [2.75, 3.05) is 0 Å². The average Bonchev–Trinajstić information content (AvgIpc) is 3.31. The van der Waals surface area contributed by atoms with E-state index in [2.05, 4.69) is 20.3 Å². The molecule has 154 valence electrons. The quantitative estimate of drug-likeness (QED) is 0.541. The monoisotopic (exact) mass is 398 g/mol. The predicted molar refractivity (Wildman–Crippen MR) is 105 cm³/mol. The molecule has 0 N–H and O–H groups in total. The van der Waals surface area contributed by atoms with Gasteiger partial charge in [0.15, 0.2) is 11.9 Å². The highest BCUT2D eigenvalue weighted by Gasteiger charge is 2.22. The van der Waals surface area contributed by atoms with Crippen molar-refractivity contribution < 1.29 is 18.5 Å². The maximum atomic E-state index is 12.1. The summed E-state index contributed by atoms with van der Waals surface area (Å²) in [6, 6.07) is 7.75. The molecule has 0 saturated carbocycles. The fraction of sp³-hybridized carbons (Fsp3) is 0.476. The van der Waals surface area contributed by atoms with E-state index in [1.54, 1.807) is 6.92 Å². The van der Waals surface area contributed by atoms with E-state index in [0.717, 1.165) is 11.1 Å². The van der Waals surface area contributed by atoms with Crippen LogP contribution in [0.25, 0.3) is 11.5 Å². The van der Waals surface area contributed by atoms with Gasteiger partial charge in [0.1, 0.15) is 0 Å². The zero-order valence-corrected chi connectivity index (χ0v) is 17.4. The molecule has 0 spiro atoms. The topological polar surface area (TPSA) is 104 Å². The summed E-state index contributed by atoms with van der Waals surface area (Å²) in [7, 11) is 0. The van der Waals surface area contributed by atoms with Crippen molar-refractivity contribution in [2.24, 2.45) is 0 Å². The van der Waals surface area contributed by atoms with Crippen LogP contribution in [0.1, 0.15) is 69.8 Å². The summed E-state index contributed by atoms with van der Waals surface area (Å²) in [5, 5.41) is 12.0. The van der Waals surface area contributed by atoms with Crippen molar-refractivity contribution >= 4 is 5.97 Å². The Morgan fingerprint density at radius 2 is 1.90 bits per heavy atom. The number of benzene rings is 1. The first kappa shape index (κ1) is 20.7. The van der Waals surface area contributed by atoms with Crippen LogP contribution >= 0.6 is 0 Å². The molecule has 0 saturated heterocycles. The summed E-state index contributed by atoms with van der Waals surface area (Å²) in [6.45, 7) is 9.76. The van der Waals surface area contributed by atoms with Crippen LogP contribution in [-0.4, -0.2) is 26.3 Å². The predicted octanol–water partition coefficient (Wildman–Crippen LogP) is 4.35. The molecular weight excluding hydrogens is 372 g/mol. The van der Waals surface area contributed by atoms with Crippen molar-refractivity contribution in [3.63, 3.8) is 0 Å². The summed E-state index contributed by atoms with van der Waals surface area (Å²) >= 11 is 0. The molecule has 8 nitrogen and oxygen atoms in total. The third-order valence-corrected chi connectivity index (χ3v) is 4.31. The zero-order chi connectivity index (χ0) is 21.0. The molecule has 0 amide bonds. The fourth-order valence-electron chi connectivity index (χ4n) is 2.56. The Bertz CT molecular complexity index is 954. The minimum atomic E-state index is -0.620. The van der Waals surface area contributed by atoms with Crippen molar-refractivity contribution in [2.45, 2.75) is 65.4 Å². The number of aromatic nitrogens is 4. The van der Waals surface area contributed by atoms with Crippen LogP contribution in [0.3, 0.4) is 0 Å². The van der Waals surface area contributed by atoms with Gasteiger partial charge in [-0.2, -0.15) is 4.98 Å². The summed E-state index contributed by atoms with van der Waals surface area (Å²) < 4.78 is 16.3. The van der Waals surface area contributed by atoms with Crippen LogP contribution in [0.15, 0.2) is 33.2 Å². The number of ether oxygens (including phenoxy) is 1. The molecule has 0 radical (unpaired) electrons. The van der Waals surface area contributed by atoms with E-state index in [9.17, 15) is 4.79 Å². The third kappa shape index (κ3) is 5.49. The molecule has 1 atom stereocenters. The van der Waals surface area contributed by atoms with Gasteiger partial charge in [-0.25, -0.2) is 0 Å². The fourth-order valence-corrected chi connectivity index (χ4v) is 2.56. The van der Waals surface area contributed by atoms with Crippen LogP contribution in [0.4, 0.5) is 0 Å². The second-order valence-electron chi connectivity index (χ2n) is 8.06. The van der Waals surface area contributed by atoms with Gasteiger partial charge in [0, 0.05) is 23.8 Å². The van der Waals surface area contributed by atoms with Crippen LogP contribution in [0.2, 0.25) is 0 Å². The van der Waals surface area contributed by atoms with E-state index < -0.39 is 6.10 Å². The lowest BCUT2D eigenvalue weighted by Crippen LogP contribution is -2.13. The highest BCUT2D eigenvalue weighted by Crippen LogP contribution is 2.23. The van der Waals surface area contributed by atoms with Crippen molar-refractivity contribution in [1.29, 1.82) is 0 Å². The average molecular weight is 398 g/mol. The molecule has 29 heavy (non-hydrogen) atoms. The van der Waals surface area contributed by atoms with Crippen molar-refractivity contribution in [3.05, 3.63) is 47.4 Å². The molecule has 0 aliphatic carbocycles. The van der Waals surface area contributed by atoms with Gasteiger partial charge in [0.05, 0.1) is 0 Å². The van der Waals surface area contributed by atoms with Gasteiger partial charge in [-0.1, -0.05) is 43.6 Å². The largest absolute Gasteiger partial charge is 0.453 e. The Morgan fingerprint density at radius 1 is 1.17 bits per heavy atom. The second-order valence-corrected chi connectivity index (χ2v) is 8.06. The summed E-state index contributed by atoms with van der Waals surface area (Å²) in [4.78, 5) is 16.5. The minimum absolute atomic E-state index is 0.169. The van der Waals surface area contributed by atoms with Crippen LogP contribution in [0.5, 0.6) is 0 Å². The Balaban J connectivity index is 1.48. The standard InChI is InChI=1S/C21H26N4O4/c1-13-9-11-15(12-10-13)19-24-23-18(28-19)14(2)27-17(26)8-6-7-16-22-20(25-29-16)21(3,4)5/h9-12,14H,6-8H2,1-5H3. The zero-order valence-electron chi connectivity index (χ0n) is 17.4. The first-order valence-electron chi connectivity index (χ1n) is 9.65. The molecule has 1 aromatic carbocycles. The van der Waals surface area contributed by atoms with Crippen LogP contribution < -0.4 is 0 Å². The lowest BCUT2D eigenvalue weighted by atomic mass is 9.96. The third-order valence-electron chi connectivity index (χ3n) is 4.31. The molecule has 2 aromatic heterocycles. The Kier molecular flexibility index (Phi) is 6.10. The number of esters is 1. The number of carbonyl (C=O) groups excluding carboxylic acids is 1. The highest BCUT2D eigenvalue weighted by molar-refractivity contribution is 5.69. The van der Waals surface area contributed by atoms with E-state index in [4.69, 9.17) is 13.7 Å². The Hall–Kier alpha value is -3.03. The van der Waals surface area contributed by atoms with Gasteiger partial charge in [0.25, 0.3) is 5.89 Å². The Morgan fingerprint density at radius 3 is 2.55 bits per heavy atom. The van der Waals surface area contributed by atoms with Gasteiger partial charge < -0.3 is 13.7 Å². The molecule has 0 fully saturated rings. The lowest BCUT2D eigenvalue weighted by molar-refractivity contribution is -0.149. The number of aryl methyl sites for hydroxylation is 2. The van der Waals surface area contributed by atoms with E-state index in [1.807, 2.05) is 52.0 Å². The molecule has 8 heteroatoms. The molecular formula is C21H26N4O4. The van der Waals surface area contributed by atoms with Gasteiger partial charge in [-0.05, 0) is 32.4 Å². The number of nitrogens with zero attached hydrogens (tertiary/aromatic N) is 4.